The molecule has 2 rings (SSSR count). The Morgan fingerprint density at radius 2 is 2.21 bits per heavy atom. The van der Waals surface area contributed by atoms with Crippen LogP contribution >= 0.6 is 0 Å². The largest absolute Gasteiger partial charge is 0.366 e. The van der Waals surface area contributed by atoms with E-state index >= 15 is 0 Å². The zero-order valence-electron chi connectivity index (χ0n) is 11.8. The lowest BCUT2D eigenvalue weighted by Gasteiger charge is -2.16. The van der Waals surface area contributed by atoms with Crippen LogP contribution in [0.3, 0.4) is 0 Å². The van der Waals surface area contributed by atoms with Crippen molar-refractivity contribution in [2.75, 3.05) is 20.1 Å². The summed E-state index contributed by atoms with van der Waals surface area (Å²) in [4.78, 5) is 13.5. The summed E-state index contributed by atoms with van der Waals surface area (Å²) in [6.07, 6.45) is 2.70. The SMILES string of the molecule is Cc1cc(C(N)=O)ccc1CNCCN(C)C1CC1. The van der Waals surface area contributed by atoms with Gasteiger partial charge in [0.2, 0.25) is 5.91 Å². The third kappa shape index (κ3) is 4.04. The minimum atomic E-state index is -0.367. The van der Waals surface area contributed by atoms with Gasteiger partial charge in [0.15, 0.2) is 0 Å². The Hall–Kier alpha value is -1.39. The summed E-state index contributed by atoms with van der Waals surface area (Å²) in [5, 5.41) is 3.45. The van der Waals surface area contributed by atoms with Gasteiger partial charge in [-0.25, -0.2) is 0 Å². The van der Waals surface area contributed by atoms with Crippen molar-refractivity contribution in [2.45, 2.75) is 32.4 Å². The van der Waals surface area contributed by atoms with Crippen molar-refractivity contribution in [3.05, 3.63) is 34.9 Å². The van der Waals surface area contributed by atoms with Crippen molar-refractivity contribution in [1.29, 1.82) is 0 Å². The number of aryl methyl sites for hydroxylation is 1. The molecule has 1 amide bonds. The van der Waals surface area contributed by atoms with Gasteiger partial charge in [-0.3, -0.25) is 4.79 Å². The topological polar surface area (TPSA) is 58.4 Å². The summed E-state index contributed by atoms with van der Waals surface area (Å²) >= 11 is 0. The van der Waals surface area contributed by atoms with Gasteiger partial charge in [0.1, 0.15) is 0 Å². The van der Waals surface area contributed by atoms with E-state index in [1.165, 1.54) is 18.4 Å². The van der Waals surface area contributed by atoms with Crippen LogP contribution < -0.4 is 11.1 Å². The van der Waals surface area contributed by atoms with E-state index in [1.807, 2.05) is 19.1 Å². The second kappa shape index (κ2) is 6.17. The quantitative estimate of drug-likeness (QED) is 0.727. The maximum absolute atomic E-state index is 11.1. The van der Waals surface area contributed by atoms with Gasteiger partial charge in [-0.05, 0) is 50.1 Å². The first-order valence-corrected chi connectivity index (χ1v) is 6.88. The van der Waals surface area contributed by atoms with Gasteiger partial charge >= 0.3 is 0 Å². The van der Waals surface area contributed by atoms with Crippen molar-refractivity contribution < 1.29 is 4.79 Å². The van der Waals surface area contributed by atoms with Crippen molar-refractivity contribution in [1.82, 2.24) is 10.2 Å². The highest BCUT2D eigenvalue weighted by molar-refractivity contribution is 5.93. The normalized spacial score (nSPS) is 14.9. The fourth-order valence-electron chi connectivity index (χ4n) is 2.22. The molecule has 0 radical (unpaired) electrons. The molecule has 1 fully saturated rings. The number of hydrogen-bond acceptors (Lipinski definition) is 3. The summed E-state index contributed by atoms with van der Waals surface area (Å²) in [6, 6.07) is 6.45. The highest BCUT2D eigenvalue weighted by Crippen LogP contribution is 2.24. The van der Waals surface area contributed by atoms with Crippen LogP contribution in [0.1, 0.15) is 34.3 Å². The molecule has 0 unspecified atom stereocenters. The summed E-state index contributed by atoms with van der Waals surface area (Å²) in [7, 11) is 2.19. The molecule has 0 spiro atoms. The Balaban J connectivity index is 1.77. The molecule has 0 heterocycles. The highest BCUT2D eigenvalue weighted by atomic mass is 16.1. The van der Waals surface area contributed by atoms with Gasteiger partial charge in [0, 0.05) is 31.2 Å². The predicted molar refractivity (Wildman–Crippen MR) is 77.1 cm³/mol. The molecule has 0 saturated heterocycles. The third-order valence-corrected chi connectivity index (χ3v) is 3.75. The first kappa shape index (κ1) is 14.0. The molecule has 0 bridgehead atoms. The fraction of sp³-hybridized carbons (Fsp3) is 0.533. The molecule has 0 atom stereocenters. The summed E-state index contributed by atoms with van der Waals surface area (Å²) in [6.45, 7) is 4.93. The van der Waals surface area contributed by atoms with Gasteiger partial charge in [-0.2, -0.15) is 0 Å². The second-order valence-corrected chi connectivity index (χ2v) is 5.39. The van der Waals surface area contributed by atoms with Gasteiger partial charge in [0.05, 0.1) is 0 Å². The number of benzene rings is 1. The lowest BCUT2D eigenvalue weighted by Crippen LogP contribution is -2.30. The average Bonchev–Trinajstić information content (AvgIpc) is 3.19. The van der Waals surface area contributed by atoms with Crippen LogP contribution in [0.25, 0.3) is 0 Å². The smallest absolute Gasteiger partial charge is 0.248 e. The van der Waals surface area contributed by atoms with Gasteiger partial charge in [-0.1, -0.05) is 6.07 Å². The first-order chi connectivity index (χ1) is 9.08. The molecule has 1 aromatic carbocycles. The van der Waals surface area contributed by atoms with Crippen molar-refractivity contribution >= 4 is 5.91 Å². The highest BCUT2D eigenvalue weighted by Gasteiger charge is 2.25. The minimum absolute atomic E-state index is 0.367. The molecular weight excluding hydrogens is 238 g/mol. The standard InChI is InChI=1S/C15H23N3O/c1-11-9-12(15(16)19)3-4-13(11)10-17-7-8-18(2)14-5-6-14/h3-4,9,14,17H,5-8,10H2,1-2H3,(H2,16,19). The Morgan fingerprint density at radius 1 is 1.47 bits per heavy atom. The lowest BCUT2D eigenvalue weighted by atomic mass is 10.0. The fourth-order valence-corrected chi connectivity index (χ4v) is 2.22. The summed E-state index contributed by atoms with van der Waals surface area (Å²) in [5.41, 5.74) is 8.17. The van der Waals surface area contributed by atoms with E-state index in [-0.39, 0.29) is 5.91 Å². The molecule has 4 nitrogen and oxygen atoms in total. The van der Waals surface area contributed by atoms with Crippen LogP contribution in [0, 0.1) is 6.92 Å². The van der Waals surface area contributed by atoms with Crippen molar-refractivity contribution in [3.63, 3.8) is 0 Å². The lowest BCUT2D eigenvalue weighted by molar-refractivity contribution is 0.1000. The number of carbonyl (C=O) groups is 1. The van der Waals surface area contributed by atoms with E-state index in [4.69, 9.17) is 5.73 Å². The maximum Gasteiger partial charge on any atom is 0.248 e. The van der Waals surface area contributed by atoms with Crippen molar-refractivity contribution in [3.8, 4) is 0 Å². The molecule has 0 aromatic heterocycles. The molecule has 0 aliphatic heterocycles. The average molecular weight is 261 g/mol. The van der Waals surface area contributed by atoms with Crippen LogP contribution in [-0.2, 0) is 6.54 Å². The Bertz CT molecular complexity index is 455. The number of amides is 1. The van der Waals surface area contributed by atoms with E-state index in [0.717, 1.165) is 31.2 Å². The summed E-state index contributed by atoms with van der Waals surface area (Å²) < 4.78 is 0. The van der Waals surface area contributed by atoms with Crippen LogP contribution in [0.5, 0.6) is 0 Å². The minimum Gasteiger partial charge on any atom is -0.366 e. The summed E-state index contributed by atoms with van der Waals surface area (Å²) in [5.74, 6) is -0.367. The number of hydrogen-bond donors (Lipinski definition) is 2. The molecule has 19 heavy (non-hydrogen) atoms. The number of nitrogens with two attached hydrogens (primary N) is 1. The number of nitrogens with one attached hydrogen (secondary N) is 1. The zero-order valence-corrected chi connectivity index (χ0v) is 11.8. The van der Waals surface area contributed by atoms with E-state index < -0.39 is 0 Å². The molecule has 104 valence electrons. The Kier molecular flexibility index (Phi) is 4.56. The monoisotopic (exact) mass is 261 g/mol. The zero-order chi connectivity index (χ0) is 13.8. The van der Waals surface area contributed by atoms with E-state index in [2.05, 4.69) is 17.3 Å². The van der Waals surface area contributed by atoms with Crippen LogP contribution in [0.2, 0.25) is 0 Å². The Morgan fingerprint density at radius 3 is 2.79 bits per heavy atom. The van der Waals surface area contributed by atoms with Gasteiger partial charge in [-0.15, -0.1) is 0 Å². The third-order valence-electron chi connectivity index (χ3n) is 3.75. The molecule has 1 aliphatic rings. The molecular formula is C15H23N3O. The van der Waals surface area contributed by atoms with E-state index in [9.17, 15) is 4.79 Å². The number of nitrogens with zero attached hydrogens (tertiary/aromatic N) is 1. The molecule has 1 aromatic rings. The molecule has 3 N–H and O–H groups in total. The van der Waals surface area contributed by atoms with Gasteiger partial charge in [0.25, 0.3) is 0 Å². The maximum atomic E-state index is 11.1. The number of carbonyl (C=O) groups excluding carboxylic acids is 1. The van der Waals surface area contributed by atoms with Crippen LogP contribution in [0.15, 0.2) is 18.2 Å². The Labute approximate surface area is 115 Å². The second-order valence-electron chi connectivity index (χ2n) is 5.39. The first-order valence-electron chi connectivity index (χ1n) is 6.88. The van der Waals surface area contributed by atoms with Crippen LogP contribution in [0.4, 0.5) is 0 Å². The van der Waals surface area contributed by atoms with E-state index in [1.54, 1.807) is 6.07 Å². The predicted octanol–water partition coefficient (Wildman–Crippen LogP) is 1.28. The van der Waals surface area contributed by atoms with Crippen molar-refractivity contribution in [2.24, 2.45) is 5.73 Å². The van der Waals surface area contributed by atoms with E-state index in [0.29, 0.717) is 5.56 Å². The number of likely N-dealkylation sites (N-methyl/N-ethyl adjacent to an activating group) is 1. The molecule has 1 saturated carbocycles. The molecule has 1 aliphatic carbocycles. The number of primary amides is 1. The van der Waals surface area contributed by atoms with Crippen LogP contribution in [-0.4, -0.2) is 37.0 Å². The van der Waals surface area contributed by atoms with Gasteiger partial charge < -0.3 is 16.0 Å². The molecule has 4 heteroatoms. The number of rotatable bonds is 7.